The van der Waals surface area contributed by atoms with Crippen LogP contribution in [0.3, 0.4) is 0 Å². The molecule has 2 rings (SSSR count). The molecule has 0 atom stereocenters. The Balaban J connectivity index is 1.88. The molecule has 2 amide bonds. The number of carbonyl (C=O) groups excluding carboxylic acids is 1. The highest BCUT2D eigenvalue weighted by molar-refractivity contribution is 5.80. The third-order valence-corrected chi connectivity index (χ3v) is 4.99. The van der Waals surface area contributed by atoms with E-state index in [9.17, 15) is 9.59 Å². The van der Waals surface area contributed by atoms with Gasteiger partial charge >= 0.3 is 12.0 Å². The van der Waals surface area contributed by atoms with Crippen molar-refractivity contribution in [3.63, 3.8) is 0 Å². The molecule has 1 N–H and O–H groups in total. The maximum Gasteiger partial charge on any atom is 0.323 e. The van der Waals surface area contributed by atoms with Gasteiger partial charge in [-0.2, -0.15) is 0 Å². The maximum absolute atomic E-state index is 12.3. The van der Waals surface area contributed by atoms with Crippen molar-refractivity contribution < 1.29 is 14.7 Å². The molecule has 0 unspecified atom stereocenters. The number of hydrogen-bond acceptors (Lipinski definition) is 2. The van der Waals surface area contributed by atoms with E-state index in [0.29, 0.717) is 12.0 Å². The van der Waals surface area contributed by atoms with Crippen molar-refractivity contribution in [2.45, 2.75) is 51.9 Å². The van der Waals surface area contributed by atoms with Gasteiger partial charge in [-0.25, -0.2) is 4.79 Å². The SMILES string of the molecule is CCN(CC(=O)O)C(=O)N1CCC2(CCCCC2)CC1. The molecule has 0 aromatic carbocycles. The van der Waals surface area contributed by atoms with E-state index >= 15 is 0 Å². The normalized spacial score (nSPS) is 21.8. The predicted octanol–water partition coefficient (Wildman–Crippen LogP) is 2.56. The number of piperidine rings is 1. The van der Waals surface area contributed by atoms with E-state index in [1.165, 1.54) is 37.0 Å². The summed E-state index contributed by atoms with van der Waals surface area (Å²) in [5, 5.41) is 8.85. The van der Waals surface area contributed by atoms with Gasteiger partial charge in [-0.3, -0.25) is 4.79 Å². The fourth-order valence-corrected chi connectivity index (χ4v) is 3.65. The molecule has 1 aliphatic carbocycles. The summed E-state index contributed by atoms with van der Waals surface area (Å²) in [5.74, 6) is -0.944. The fourth-order valence-electron chi connectivity index (χ4n) is 3.65. The minimum atomic E-state index is -0.944. The molecular formula is C15H26N2O3. The second-order valence-electron chi connectivity index (χ2n) is 6.24. The molecule has 0 aromatic heterocycles. The molecule has 1 heterocycles. The summed E-state index contributed by atoms with van der Waals surface area (Å²) in [5.41, 5.74) is 0.471. The van der Waals surface area contributed by atoms with Gasteiger partial charge in [-0.15, -0.1) is 0 Å². The third kappa shape index (κ3) is 3.44. The molecule has 0 bridgehead atoms. The van der Waals surface area contributed by atoms with Gasteiger partial charge in [0.05, 0.1) is 0 Å². The topological polar surface area (TPSA) is 60.9 Å². The van der Waals surface area contributed by atoms with Gasteiger partial charge < -0.3 is 14.9 Å². The van der Waals surface area contributed by atoms with Crippen molar-refractivity contribution in [3.8, 4) is 0 Å². The Kier molecular flexibility index (Phi) is 4.89. The second kappa shape index (κ2) is 6.46. The highest BCUT2D eigenvalue weighted by Crippen LogP contribution is 2.44. The lowest BCUT2D eigenvalue weighted by Crippen LogP contribution is -2.50. The maximum atomic E-state index is 12.3. The number of likely N-dealkylation sites (N-methyl/N-ethyl adjacent to an activating group) is 1. The Morgan fingerprint density at radius 3 is 2.20 bits per heavy atom. The molecule has 0 radical (unpaired) electrons. The van der Waals surface area contributed by atoms with Gasteiger partial charge in [0, 0.05) is 19.6 Å². The summed E-state index contributed by atoms with van der Waals surface area (Å²) in [4.78, 5) is 26.4. The van der Waals surface area contributed by atoms with Crippen LogP contribution >= 0.6 is 0 Å². The first kappa shape index (κ1) is 15.1. The minimum Gasteiger partial charge on any atom is -0.480 e. The number of rotatable bonds is 3. The van der Waals surface area contributed by atoms with Crippen molar-refractivity contribution in [1.82, 2.24) is 9.80 Å². The number of carboxylic acids is 1. The van der Waals surface area contributed by atoms with Gasteiger partial charge in [-0.1, -0.05) is 19.3 Å². The zero-order chi connectivity index (χ0) is 14.6. The van der Waals surface area contributed by atoms with Gasteiger partial charge in [0.2, 0.25) is 0 Å². The molecule has 5 heteroatoms. The van der Waals surface area contributed by atoms with E-state index < -0.39 is 5.97 Å². The summed E-state index contributed by atoms with van der Waals surface area (Å²) in [6.45, 7) is 3.65. The van der Waals surface area contributed by atoms with E-state index in [2.05, 4.69) is 0 Å². The average molecular weight is 282 g/mol. The predicted molar refractivity (Wildman–Crippen MR) is 76.6 cm³/mol. The molecule has 1 aliphatic heterocycles. The standard InChI is InChI=1S/C15H26N2O3/c1-2-16(12-13(18)19)14(20)17-10-8-15(9-11-17)6-4-3-5-7-15/h2-12H2,1H3,(H,18,19). The average Bonchev–Trinajstić information content (AvgIpc) is 2.45. The van der Waals surface area contributed by atoms with E-state index in [-0.39, 0.29) is 12.6 Å². The van der Waals surface area contributed by atoms with E-state index in [1.807, 2.05) is 11.8 Å². The molecule has 5 nitrogen and oxygen atoms in total. The Bertz CT molecular complexity index is 354. The summed E-state index contributed by atoms with van der Waals surface area (Å²) in [6.07, 6.45) is 8.80. The second-order valence-corrected chi connectivity index (χ2v) is 6.24. The first-order valence-corrected chi connectivity index (χ1v) is 7.82. The lowest BCUT2D eigenvalue weighted by atomic mass is 9.68. The Morgan fingerprint density at radius 2 is 1.70 bits per heavy atom. The number of likely N-dealkylation sites (tertiary alicyclic amines) is 1. The van der Waals surface area contributed by atoms with Crippen LogP contribution in [-0.4, -0.2) is 53.1 Å². The molecular weight excluding hydrogens is 256 g/mol. The molecule has 2 fully saturated rings. The lowest BCUT2D eigenvalue weighted by molar-refractivity contribution is -0.137. The molecule has 20 heavy (non-hydrogen) atoms. The van der Waals surface area contributed by atoms with Crippen LogP contribution in [0.15, 0.2) is 0 Å². The largest absolute Gasteiger partial charge is 0.480 e. The first-order chi connectivity index (χ1) is 9.56. The zero-order valence-electron chi connectivity index (χ0n) is 12.4. The third-order valence-electron chi connectivity index (χ3n) is 4.99. The summed E-state index contributed by atoms with van der Waals surface area (Å²) in [6, 6.07) is -0.111. The Labute approximate surface area is 120 Å². The molecule has 1 saturated heterocycles. The van der Waals surface area contributed by atoms with Crippen LogP contribution < -0.4 is 0 Å². The molecule has 0 aromatic rings. The molecule has 114 valence electrons. The number of hydrogen-bond donors (Lipinski definition) is 1. The van der Waals surface area contributed by atoms with Gasteiger partial charge in [0.15, 0.2) is 0 Å². The lowest BCUT2D eigenvalue weighted by Gasteiger charge is -2.45. The highest BCUT2D eigenvalue weighted by Gasteiger charge is 2.37. The number of carbonyl (C=O) groups is 2. The van der Waals surface area contributed by atoms with Crippen molar-refractivity contribution >= 4 is 12.0 Å². The van der Waals surface area contributed by atoms with Crippen molar-refractivity contribution in [2.75, 3.05) is 26.2 Å². The summed E-state index contributed by atoms with van der Waals surface area (Å²) < 4.78 is 0. The van der Waals surface area contributed by atoms with Crippen molar-refractivity contribution in [3.05, 3.63) is 0 Å². The summed E-state index contributed by atoms with van der Waals surface area (Å²) in [7, 11) is 0. The quantitative estimate of drug-likeness (QED) is 0.865. The van der Waals surface area contributed by atoms with Crippen LogP contribution in [0, 0.1) is 5.41 Å². The highest BCUT2D eigenvalue weighted by atomic mass is 16.4. The summed E-state index contributed by atoms with van der Waals surface area (Å²) >= 11 is 0. The van der Waals surface area contributed by atoms with Crippen LogP contribution in [0.5, 0.6) is 0 Å². The number of nitrogens with zero attached hydrogens (tertiary/aromatic N) is 2. The van der Waals surface area contributed by atoms with Gasteiger partial charge in [0.25, 0.3) is 0 Å². The molecule has 1 saturated carbocycles. The van der Waals surface area contributed by atoms with Crippen LogP contribution in [-0.2, 0) is 4.79 Å². The smallest absolute Gasteiger partial charge is 0.323 e. The van der Waals surface area contributed by atoms with Gasteiger partial charge in [-0.05, 0) is 38.0 Å². The van der Waals surface area contributed by atoms with Crippen molar-refractivity contribution in [2.24, 2.45) is 5.41 Å². The number of carboxylic acid groups (broad SMARTS) is 1. The van der Waals surface area contributed by atoms with E-state index in [1.54, 1.807) is 0 Å². The van der Waals surface area contributed by atoms with Crippen molar-refractivity contribution in [1.29, 1.82) is 0 Å². The van der Waals surface area contributed by atoms with Crippen LogP contribution in [0.4, 0.5) is 4.79 Å². The zero-order valence-corrected chi connectivity index (χ0v) is 12.4. The number of amides is 2. The Hall–Kier alpha value is -1.26. The van der Waals surface area contributed by atoms with E-state index in [4.69, 9.17) is 5.11 Å². The van der Waals surface area contributed by atoms with Crippen LogP contribution in [0.25, 0.3) is 0 Å². The van der Waals surface area contributed by atoms with Crippen LogP contribution in [0.1, 0.15) is 51.9 Å². The Morgan fingerprint density at radius 1 is 1.10 bits per heavy atom. The number of aliphatic carboxylic acids is 1. The van der Waals surface area contributed by atoms with E-state index in [0.717, 1.165) is 25.9 Å². The fraction of sp³-hybridized carbons (Fsp3) is 0.867. The number of urea groups is 1. The molecule has 1 spiro atoms. The van der Waals surface area contributed by atoms with Gasteiger partial charge in [0.1, 0.15) is 6.54 Å². The van der Waals surface area contributed by atoms with Crippen LogP contribution in [0.2, 0.25) is 0 Å². The first-order valence-electron chi connectivity index (χ1n) is 7.82. The minimum absolute atomic E-state index is 0.111. The molecule has 2 aliphatic rings. The monoisotopic (exact) mass is 282 g/mol.